The largest absolute Gasteiger partial charge is 0.313 e. The van der Waals surface area contributed by atoms with Crippen LogP contribution in [-0.4, -0.2) is 12.0 Å². The third-order valence-corrected chi connectivity index (χ3v) is 5.41. The SMILES string of the molecule is CNC(Cc1nc2ccccc2s1)c1cc(Cl)ccc1Br. The molecule has 0 fully saturated rings. The number of nitrogens with zero attached hydrogens (tertiary/aromatic N) is 1. The predicted octanol–water partition coefficient (Wildman–Crippen LogP) is 5.22. The van der Waals surface area contributed by atoms with Crippen LogP contribution in [0.1, 0.15) is 16.6 Å². The second-order valence-electron chi connectivity index (χ2n) is 4.79. The summed E-state index contributed by atoms with van der Waals surface area (Å²) in [5.41, 5.74) is 2.22. The first-order valence-corrected chi connectivity index (χ1v) is 8.63. The van der Waals surface area contributed by atoms with Crippen molar-refractivity contribution in [2.24, 2.45) is 0 Å². The lowest BCUT2D eigenvalue weighted by molar-refractivity contribution is 0.588. The number of rotatable bonds is 4. The van der Waals surface area contributed by atoms with E-state index >= 15 is 0 Å². The molecule has 3 rings (SSSR count). The normalized spacial score (nSPS) is 12.7. The number of benzene rings is 2. The summed E-state index contributed by atoms with van der Waals surface area (Å²) in [6.45, 7) is 0. The number of hydrogen-bond donors (Lipinski definition) is 1. The maximum absolute atomic E-state index is 6.12. The maximum atomic E-state index is 6.12. The van der Waals surface area contributed by atoms with Crippen LogP contribution < -0.4 is 5.32 Å². The molecule has 0 aliphatic carbocycles. The Balaban J connectivity index is 1.91. The van der Waals surface area contributed by atoms with E-state index in [-0.39, 0.29) is 6.04 Å². The Bertz CT molecular complexity index is 739. The van der Waals surface area contributed by atoms with Crippen LogP contribution in [0.15, 0.2) is 46.9 Å². The Labute approximate surface area is 141 Å². The van der Waals surface area contributed by atoms with E-state index in [2.05, 4.69) is 33.4 Å². The van der Waals surface area contributed by atoms with E-state index in [9.17, 15) is 0 Å². The van der Waals surface area contributed by atoms with Gasteiger partial charge < -0.3 is 5.32 Å². The highest BCUT2D eigenvalue weighted by Gasteiger charge is 2.16. The number of halogens is 2. The zero-order valence-corrected chi connectivity index (χ0v) is 14.6. The summed E-state index contributed by atoms with van der Waals surface area (Å²) in [5, 5.41) is 5.23. The fourth-order valence-corrected chi connectivity index (χ4v) is 4.05. The van der Waals surface area contributed by atoms with Gasteiger partial charge >= 0.3 is 0 Å². The van der Waals surface area contributed by atoms with Gasteiger partial charge in [0.25, 0.3) is 0 Å². The zero-order chi connectivity index (χ0) is 14.8. The molecule has 1 unspecified atom stereocenters. The van der Waals surface area contributed by atoms with E-state index in [1.54, 1.807) is 11.3 Å². The molecule has 0 saturated heterocycles. The van der Waals surface area contributed by atoms with Gasteiger partial charge in [-0.05, 0) is 42.9 Å². The minimum absolute atomic E-state index is 0.179. The van der Waals surface area contributed by atoms with Crippen LogP contribution in [0, 0.1) is 0 Å². The van der Waals surface area contributed by atoms with Gasteiger partial charge in [-0.25, -0.2) is 4.98 Å². The van der Waals surface area contributed by atoms with E-state index in [0.29, 0.717) is 0 Å². The molecule has 0 spiro atoms. The van der Waals surface area contributed by atoms with Crippen LogP contribution in [0.25, 0.3) is 10.2 Å². The first kappa shape index (κ1) is 15.0. The van der Waals surface area contributed by atoms with Gasteiger partial charge in [-0.2, -0.15) is 0 Å². The number of para-hydroxylation sites is 1. The van der Waals surface area contributed by atoms with Crippen molar-refractivity contribution in [1.82, 2.24) is 10.3 Å². The second kappa shape index (κ2) is 6.44. The van der Waals surface area contributed by atoms with Crippen molar-refractivity contribution in [3.8, 4) is 0 Å². The Kier molecular flexibility index (Phi) is 4.60. The molecule has 0 radical (unpaired) electrons. The minimum atomic E-state index is 0.179. The van der Waals surface area contributed by atoms with Gasteiger partial charge in [-0.3, -0.25) is 0 Å². The quantitative estimate of drug-likeness (QED) is 0.670. The van der Waals surface area contributed by atoms with Crippen molar-refractivity contribution in [3.05, 3.63) is 62.5 Å². The van der Waals surface area contributed by atoms with Gasteiger partial charge in [-0.1, -0.05) is 39.7 Å². The lowest BCUT2D eigenvalue weighted by atomic mass is 10.0. The highest BCUT2D eigenvalue weighted by atomic mass is 79.9. The third-order valence-electron chi connectivity index (χ3n) is 3.40. The summed E-state index contributed by atoms with van der Waals surface area (Å²) >= 11 is 11.5. The number of thiazole rings is 1. The van der Waals surface area contributed by atoms with Crippen molar-refractivity contribution in [3.63, 3.8) is 0 Å². The molecule has 21 heavy (non-hydrogen) atoms. The summed E-state index contributed by atoms with van der Waals surface area (Å²) in [5.74, 6) is 0. The Morgan fingerprint density at radius 2 is 2.10 bits per heavy atom. The van der Waals surface area contributed by atoms with Gasteiger partial charge in [-0.15, -0.1) is 11.3 Å². The predicted molar refractivity (Wildman–Crippen MR) is 94.3 cm³/mol. The molecule has 1 atom stereocenters. The number of hydrogen-bond acceptors (Lipinski definition) is 3. The van der Waals surface area contributed by atoms with Gasteiger partial charge in [0.2, 0.25) is 0 Å². The van der Waals surface area contributed by atoms with Crippen molar-refractivity contribution in [2.75, 3.05) is 7.05 Å². The van der Waals surface area contributed by atoms with Gasteiger partial charge in [0.1, 0.15) is 0 Å². The molecule has 2 aromatic carbocycles. The molecule has 3 aromatic rings. The van der Waals surface area contributed by atoms with E-state index < -0.39 is 0 Å². The zero-order valence-electron chi connectivity index (χ0n) is 11.4. The van der Waals surface area contributed by atoms with Crippen LogP contribution in [0.5, 0.6) is 0 Å². The molecule has 0 bridgehead atoms. The average molecular weight is 382 g/mol. The first-order valence-electron chi connectivity index (χ1n) is 6.64. The molecule has 0 saturated carbocycles. The van der Waals surface area contributed by atoms with Crippen molar-refractivity contribution in [2.45, 2.75) is 12.5 Å². The number of fused-ring (bicyclic) bond motifs is 1. The molecule has 0 aliphatic heterocycles. The molecule has 108 valence electrons. The standard InChI is InChI=1S/C16H14BrClN2S/c1-19-14(11-8-10(18)6-7-12(11)17)9-16-20-13-4-2-3-5-15(13)21-16/h2-8,14,19H,9H2,1H3. The van der Waals surface area contributed by atoms with Crippen molar-refractivity contribution < 1.29 is 0 Å². The van der Waals surface area contributed by atoms with Gasteiger partial charge in [0.15, 0.2) is 0 Å². The number of aromatic nitrogens is 1. The molecule has 5 heteroatoms. The summed E-state index contributed by atoms with van der Waals surface area (Å²) in [6.07, 6.45) is 0.842. The molecule has 2 nitrogen and oxygen atoms in total. The molecule has 0 aliphatic rings. The molecule has 1 aromatic heterocycles. The Morgan fingerprint density at radius 1 is 1.29 bits per heavy atom. The highest BCUT2D eigenvalue weighted by Crippen LogP contribution is 2.31. The monoisotopic (exact) mass is 380 g/mol. The van der Waals surface area contributed by atoms with Crippen LogP contribution >= 0.6 is 38.9 Å². The summed E-state index contributed by atoms with van der Waals surface area (Å²) in [4.78, 5) is 4.71. The van der Waals surface area contributed by atoms with Crippen LogP contribution in [-0.2, 0) is 6.42 Å². The third kappa shape index (κ3) is 3.29. The van der Waals surface area contributed by atoms with Crippen LogP contribution in [0.4, 0.5) is 0 Å². The van der Waals surface area contributed by atoms with E-state index in [1.807, 2.05) is 37.4 Å². The summed E-state index contributed by atoms with van der Waals surface area (Å²) in [6, 6.07) is 14.3. The lowest BCUT2D eigenvalue weighted by Gasteiger charge is -2.17. The summed E-state index contributed by atoms with van der Waals surface area (Å²) in [7, 11) is 1.96. The fourth-order valence-electron chi connectivity index (χ4n) is 2.33. The first-order chi connectivity index (χ1) is 10.2. The van der Waals surface area contributed by atoms with Gasteiger partial charge in [0.05, 0.1) is 15.2 Å². The topological polar surface area (TPSA) is 24.9 Å². The maximum Gasteiger partial charge on any atom is 0.0957 e. The van der Waals surface area contributed by atoms with E-state index in [4.69, 9.17) is 16.6 Å². The van der Waals surface area contributed by atoms with E-state index in [1.165, 1.54) is 4.70 Å². The molecular formula is C16H14BrClN2S. The van der Waals surface area contributed by atoms with Crippen molar-refractivity contribution >= 4 is 49.1 Å². The smallest absolute Gasteiger partial charge is 0.0957 e. The van der Waals surface area contributed by atoms with E-state index in [0.717, 1.165) is 32.0 Å². The van der Waals surface area contributed by atoms with Gasteiger partial charge in [0, 0.05) is 22.0 Å². The highest BCUT2D eigenvalue weighted by molar-refractivity contribution is 9.10. The Hall–Kier alpha value is -0.940. The summed E-state index contributed by atoms with van der Waals surface area (Å²) < 4.78 is 2.29. The van der Waals surface area contributed by atoms with Crippen molar-refractivity contribution in [1.29, 1.82) is 0 Å². The lowest BCUT2D eigenvalue weighted by Crippen LogP contribution is -2.19. The Morgan fingerprint density at radius 3 is 2.86 bits per heavy atom. The number of likely N-dealkylation sites (N-methyl/N-ethyl adjacent to an activating group) is 1. The van der Waals surface area contributed by atoms with Crippen LogP contribution in [0.2, 0.25) is 5.02 Å². The number of nitrogens with one attached hydrogen (secondary N) is 1. The fraction of sp³-hybridized carbons (Fsp3) is 0.188. The molecule has 1 N–H and O–H groups in total. The molecule has 0 amide bonds. The van der Waals surface area contributed by atoms with Crippen LogP contribution in [0.3, 0.4) is 0 Å². The molecular weight excluding hydrogens is 368 g/mol. The minimum Gasteiger partial charge on any atom is -0.313 e. The average Bonchev–Trinajstić information content (AvgIpc) is 2.90. The second-order valence-corrected chi connectivity index (χ2v) is 7.19. The molecule has 1 heterocycles.